The first kappa shape index (κ1) is 11.7. The van der Waals surface area contributed by atoms with Gasteiger partial charge in [0.05, 0.1) is 12.7 Å². The van der Waals surface area contributed by atoms with Crippen molar-refractivity contribution in [3.05, 3.63) is 11.6 Å². The van der Waals surface area contributed by atoms with Crippen LogP contribution >= 0.6 is 0 Å². The predicted octanol–water partition coefficient (Wildman–Crippen LogP) is 3.52. The van der Waals surface area contributed by atoms with Gasteiger partial charge in [-0.15, -0.1) is 0 Å². The zero-order chi connectivity index (χ0) is 12.3. The van der Waals surface area contributed by atoms with Gasteiger partial charge in [-0.3, -0.25) is 0 Å². The Bertz CT molecular complexity index is 371. The molecule has 0 spiro atoms. The first-order valence-electron chi connectivity index (χ1n) is 6.82. The van der Waals surface area contributed by atoms with E-state index in [-0.39, 0.29) is 16.9 Å². The first-order chi connectivity index (χ1) is 7.90. The molecule has 0 aromatic rings. The summed E-state index contributed by atoms with van der Waals surface area (Å²) in [5.41, 5.74) is 2.35. The van der Waals surface area contributed by atoms with Crippen LogP contribution in [0.2, 0.25) is 0 Å². The largest absolute Gasteiger partial charge is 0.355 e. The van der Waals surface area contributed by atoms with Crippen molar-refractivity contribution < 1.29 is 9.47 Å². The summed E-state index contributed by atoms with van der Waals surface area (Å²) in [6.07, 6.45) is 6.58. The highest BCUT2D eigenvalue weighted by molar-refractivity contribution is 5.36. The average Bonchev–Trinajstić information content (AvgIpc) is 2.49. The molecule has 3 aliphatic rings. The number of fused-ring (bicyclic) bond motifs is 3. The van der Waals surface area contributed by atoms with Gasteiger partial charge in [0.15, 0.2) is 0 Å². The molecule has 2 aliphatic carbocycles. The van der Waals surface area contributed by atoms with Gasteiger partial charge >= 0.3 is 0 Å². The zero-order valence-corrected chi connectivity index (χ0v) is 11.5. The van der Waals surface area contributed by atoms with E-state index in [0.29, 0.717) is 12.2 Å². The maximum atomic E-state index is 5.86. The lowest BCUT2D eigenvalue weighted by molar-refractivity contribution is -0.211. The van der Waals surface area contributed by atoms with Crippen LogP contribution in [-0.4, -0.2) is 19.5 Å². The number of hydrogen-bond donors (Lipinski definition) is 0. The third kappa shape index (κ3) is 1.34. The molecule has 0 aromatic heterocycles. The van der Waals surface area contributed by atoms with Crippen molar-refractivity contribution in [2.24, 2.45) is 16.2 Å². The Morgan fingerprint density at radius 3 is 2.71 bits per heavy atom. The second kappa shape index (κ2) is 3.36. The standard InChI is InChI=1S/C15H24O2/c1-13(2)6-5-7-14(3)11(13)8-12-15(14,4)9-16-10-17-12/h8,12H,5-7,9-10H2,1-4H3. The fourth-order valence-electron chi connectivity index (χ4n) is 4.40. The van der Waals surface area contributed by atoms with Gasteiger partial charge in [-0.05, 0) is 23.7 Å². The molecule has 2 heteroatoms. The highest BCUT2D eigenvalue weighted by atomic mass is 16.7. The molecule has 0 radical (unpaired) electrons. The predicted molar refractivity (Wildman–Crippen MR) is 67.6 cm³/mol. The van der Waals surface area contributed by atoms with Gasteiger partial charge in [0.1, 0.15) is 6.79 Å². The SMILES string of the molecule is CC1(C)CCCC2(C)C1=CC1OCOCC12C. The van der Waals surface area contributed by atoms with Crippen molar-refractivity contribution in [1.82, 2.24) is 0 Å². The van der Waals surface area contributed by atoms with Gasteiger partial charge in [-0.25, -0.2) is 0 Å². The van der Waals surface area contributed by atoms with Crippen LogP contribution in [0.25, 0.3) is 0 Å². The van der Waals surface area contributed by atoms with Crippen molar-refractivity contribution in [3.8, 4) is 0 Å². The van der Waals surface area contributed by atoms with E-state index in [4.69, 9.17) is 9.47 Å². The van der Waals surface area contributed by atoms with Crippen molar-refractivity contribution in [2.75, 3.05) is 13.4 Å². The minimum absolute atomic E-state index is 0.137. The molecule has 0 amide bonds. The number of allylic oxidation sites excluding steroid dienone is 1. The number of hydrogen-bond acceptors (Lipinski definition) is 2. The van der Waals surface area contributed by atoms with Gasteiger partial charge in [0, 0.05) is 5.41 Å². The summed E-state index contributed by atoms with van der Waals surface area (Å²) < 4.78 is 11.5. The molecule has 0 N–H and O–H groups in total. The van der Waals surface area contributed by atoms with E-state index in [0.717, 1.165) is 6.61 Å². The molecule has 2 fully saturated rings. The number of rotatable bonds is 0. The highest BCUT2D eigenvalue weighted by Crippen LogP contribution is 2.64. The van der Waals surface area contributed by atoms with Crippen molar-refractivity contribution in [2.45, 2.75) is 53.1 Å². The average molecular weight is 236 g/mol. The van der Waals surface area contributed by atoms with Crippen molar-refractivity contribution >= 4 is 0 Å². The second-order valence-corrected chi connectivity index (χ2v) is 7.12. The van der Waals surface area contributed by atoms with E-state index in [1.165, 1.54) is 19.3 Å². The van der Waals surface area contributed by atoms with Gasteiger partial charge in [-0.2, -0.15) is 0 Å². The Balaban J connectivity index is 2.08. The smallest absolute Gasteiger partial charge is 0.147 e. The lowest BCUT2D eigenvalue weighted by Gasteiger charge is -2.53. The Labute approximate surface area is 104 Å². The Kier molecular flexibility index (Phi) is 2.32. The van der Waals surface area contributed by atoms with E-state index in [1.54, 1.807) is 5.57 Å². The Morgan fingerprint density at radius 2 is 1.94 bits per heavy atom. The van der Waals surface area contributed by atoms with E-state index in [1.807, 2.05) is 0 Å². The number of ether oxygens (including phenoxy) is 2. The molecular weight excluding hydrogens is 212 g/mol. The molecule has 1 heterocycles. The van der Waals surface area contributed by atoms with Crippen molar-refractivity contribution in [3.63, 3.8) is 0 Å². The van der Waals surface area contributed by atoms with E-state index >= 15 is 0 Å². The molecular formula is C15H24O2. The molecule has 3 unspecified atom stereocenters. The molecule has 3 atom stereocenters. The summed E-state index contributed by atoms with van der Waals surface area (Å²) in [5, 5.41) is 0. The minimum Gasteiger partial charge on any atom is -0.355 e. The maximum absolute atomic E-state index is 5.86. The lowest BCUT2D eigenvalue weighted by Crippen LogP contribution is -2.51. The van der Waals surface area contributed by atoms with Gasteiger partial charge in [0.2, 0.25) is 0 Å². The molecule has 2 nitrogen and oxygen atoms in total. The maximum Gasteiger partial charge on any atom is 0.147 e. The summed E-state index contributed by atoms with van der Waals surface area (Å²) in [6.45, 7) is 10.8. The molecule has 96 valence electrons. The Morgan fingerprint density at radius 1 is 1.18 bits per heavy atom. The molecule has 1 saturated carbocycles. The van der Waals surface area contributed by atoms with E-state index < -0.39 is 0 Å². The van der Waals surface area contributed by atoms with Crippen LogP contribution < -0.4 is 0 Å². The van der Waals surface area contributed by atoms with Crippen molar-refractivity contribution in [1.29, 1.82) is 0 Å². The van der Waals surface area contributed by atoms with Crippen LogP contribution in [0.15, 0.2) is 11.6 Å². The monoisotopic (exact) mass is 236 g/mol. The van der Waals surface area contributed by atoms with E-state index in [9.17, 15) is 0 Å². The third-order valence-corrected chi connectivity index (χ3v) is 5.74. The quantitative estimate of drug-likeness (QED) is 0.599. The Hall–Kier alpha value is -0.340. The second-order valence-electron chi connectivity index (χ2n) is 7.12. The third-order valence-electron chi connectivity index (χ3n) is 5.74. The summed E-state index contributed by atoms with van der Waals surface area (Å²) in [7, 11) is 0. The molecule has 0 aromatic carbocycles. The fraction of sp³-hybridized carbons (Fsp3) is 0.867. The molecule has 17 heavy (non-hydrogen) atoms. The molecule has 0 bridgehead atoms. The van der Waals surface area contributed by atoms with Gasteiger partial charge < -0.3 is 9.47 Å². The van der Waals surface area contributed by atoms with Crippen LogP contribution in [0.3, 0.4) is 0 Å². The summed E-state index contributed by atoms with van der Waals surface area (Å²) in [4.78, 5) is 0. The van der Waals surface area contributed by atoms with Crippen LogP contribution in [0.1, 0.15) is 47.0 Å². The van der Waals surface area contributed by atoms with Gasteiger partial charge in [-0.1, -0.05) is 45.8 Å². The molecule has 1 aliphatic heterocycles. The minimum atomic E-state index is 0.137. The normalized spacial score (nSPS) is 48.2. The summed E-state index contributed by atoms with van der Waals surface area (Å²) in [5.74, 6) is 0. The van der Waals surface area contributed by atoms with E-state index in [2.05, 4.69) is 33.8 Å². The zero-order valence-electron chi connectivity index (χ0n) is 11.5. The fourth-order valence-corrected chi connectivity index (χ4v) is 4.40. The van der Waals surface area contributed by atoms with Crippen LogP contribution in [-0.2, 0) is 9.47 Å². The highest BCUT2D eigenvalue weighted by Gasteiger charge is 2.60. The van der Waals surface area contributed by atoms with Crippen LogP contribution in [0, 0.1) is 16.2 Å². The topological polar surface area (TPSA) is 18.5 Å². The lowest BCUT2D eigenvalue weighted by atomic mass is 9.54. The van der Waals surface area contributed by atoms with Crippen LogP contribution in [0.4, 0.5) is 0 Å². The summed E-state index contributed by atoms with van der Waals surface area (Å²) >= 11 is 0. The summed E-state index contributed by atoms with van der Waals surface area (Å²) in [6, 6.07) is 0. The van der Waals surface area contributed by atoms with Gasteiger partial charge in [0.25, 0.3) is 0 Å². The molecule has 3 rings (SSSR count). The first-order valence-corrected chi connectivity index (χ1v) is 6.82. The molecule has 1 saturated heterocycles. The van der Waals surface area contributed by atoms with Crippen LogP contribution in [0.5, 0.6) is 0 Å².